The van der Waals surface area contributed by atoms with E-state index >= 15 is 0 Å². The Hall–Kier alpha value is -0.120. The fourth-order valence-corrected chi connectivity index (χ4v) is 3.92. The van der Waals surface area contributed by atoms with Gasteiger partial charge >= 0.3 is 0 Å². The maximum atomic E-state index is 2.67. The standard InChI is InChI=1S/C22H49N3/c1-18(2)23(15-13-17-25(21(7)8)22(9)10)14-11-12-16-24(19(3)4)20(5)6/h18-22H,11-17H2,1-10H3. The second-order valence-electron chi connectivity index (χ2n) is 9.04. The smallest absolute Gasteiger partial charge is 0.00413 e. The van der Waals surface area contributed by atoms with Crippen molar-refractivity contribution in [2.24, 2.45) is 0 Å². The molecule has 0 N–H and O–H groups in total. The van der Waals surface area contributed by atoms with Gasteiger partial charge in [0.05, 0.1) is 0 Å². The average Bonchev–Trinajstić information content (AvgIpc) is 2.46. The van der Waals surface area contributed by atoms with Gasteiger partial charge in [0.15, 0.2) is 0 Å². The summed E-state index contributed by atoms with van der Waals surface area (Å²) in [5.41, 5.74) is 0. The molecular formula is C22H49N3. The van der Waals surface area contributed by atoms with Crippen LogP contribution in [0.1, 0.15) is 88.5 Å². The molecule has 0 aliphatic carbocycles. The molecule has 0 aliphatic heterocycles. The van der Waals surface area contributed by atoms with E-state index in [-0.39, 0.29) is 0 Å². The Labute approximate surface area is 160 Å². The highest BCUT2D eigenvalue weighted by atomic mass is 15.2. The Morgan fingerprint density at radius 1 is 0.400 bits per heavy atom. The molecule has 0 fully saturated rings. The Bertz CT molecular complexity index is 294. The molecule has 0 rings (SSSR count). The second-order valence-corrected chi connectivity index (χ2v) is 9.04. The number of unbranched alkanes of at least 4 members (excludes halogenated alkanes) is 1. The first-order chi connectivity index (χ1) is 11.6. The zero-order chi connectivity index (χ0) is 19.6. The van der Waals surface area contributed by atoms with Crippen LogP contribution in [-0.4, -0.2) is 71.1 Å². The van der Waals surface area contributed by atoms with E-state index < -0.39 is 0 Å². The first-order valence-electron chi connectivity index (χ1n) is 10.8. The summed E-state index contributed by atoms with van der Waals surface area (Å²) in [7, 11) is 0. The highest BCUT2D eigenvalue weighted by Gasteiger charge is 2.16. The third-order valence-corrected chi connectivity index (χ3v) is 5.36. The molecule has 0 radical (unpaired) electrons. The number of rotatable bonds is 14. The molecule has 3 nitrogen and oxygen atoms in total. The number of hydrogen-bond donors (Lipinski definition) is 0. The normalized spacial score (nSPS) is 13.2. The zero-order valence-electron chi connectivity index (χ0n) is 19.2. The molecule has 0 aromatic heterocycles. The van der Waals surface area contributed by atoms with Crippen LogP contribution in [0.2, 0.25) is 0 Å². The van der Waals surface area contributed by atoms with Gasteiger partial charge in [-0.05, 0) is 115 Å². The van der Waals surface area contributed by atoms with Gasteiger partial charge < -0.3 is 4.90 Å². The Morgan fingerprint density at radius 3 is 1.08 bits per heavy atom. The molecule has 0 spiro atoms. The van der Waals surface area contributed by atoms with Crippen molar-refractivity contribution in [1.82, 2.24) is 14.7 Å². The van der Waals surface area contributed by atoms with Gasteiger partial charge in [0, 0.05) is 30.2 Å². The van der Waals surface area contributed by atoms with Crippen molar-refractivity contribution in [1.29, 1.82) is 0 Å². The van der Waals surface area contributed by atoms with E-state index in [1.807, 2.05) is 0 Å². The predicted octanol–water partition coefficient (Wildman–Crippen LogP) is 5.10. The molecular weight excluding hydrogens is 306 g/mol. The molecule has 0 atom stereocenters. The van der Waals surface area contributed by atoms with Gasteiger partial charge in [-0.15, -0.1) is 0 Å². The minimum Gasteiger partial charge on any atom is -0.301 e. The monoisotopic (exact) mass is 355 g/mol. The lowest BCUT2D eigenvalue weighted by Gasteiger charge is -2.33. The van der Waals surface area contributed by atoms with Crippen LogP contribution in [0.25, 0.3) is 0 Å². The van der Waals surface area contributed by atoms with Crippen molar-refractivity contribution in [2.45, 2.75) is 119 Å². The summed E-state index contributed by atoms with van der Waals surface area (Å²) in [4.78, 5) is 7.90. The predicted molar refractivity (Wildman–Crippen MR) is 115 cm³/mol. The molecule has 0 aromatic carbocycles. The van der Waals surface area contributed by atoms with Crippen molar-refractivity contribution in [3.8, 4) is 0 Å². The summed E-state index contributed by atoms with van der Waals surface area (Å²) in [6.07, 6.45) is 3.90. The highest BCUT2D eigenvalue weighted by Crippen LogP contribution is 2.10. The van der Waals surface area contributed by atoms with E-state index in [2.05, 4.69) is 83.9 Å². The lowest BCUT2D eigenvalue weighted by molar-refractivity contribution is 0.145. The topological polar surface area (TPSA) is 9.72 Å². The lowest BCUT2D eigenvalue weighted by atomic mass is 10.1. The molecule has 0 aliphatic rings. The first-order valence-corrected chi connectivity index (χ1v) is 10.8. The summed E-state index contributed by atoms with van der Waals surface area (Å²) in [6, 6.07) is 3.24. The van der Waals surface area contributed by atoms with E-state index in [9.17, 15) is 0 Å². The van der Waals surface area contributed by atoms with Crippen LogP contribution in [0, 0.1) is 0 Å². The van der Waals surface area contributed by atoms with E-state index in [1.54, 1.807) is 0 Å². The number of nitrogens with zero attached hydrogens (tertiary/aromatic N) is 3. The highest BCUT2D eigenvalue weighted by molar-refractivity contribution is 4.71. The molecule has 0 unspecified atom stereocenters. The third-order valence-electron chi connectivity index (χ3n) is 5.36. The summed E-state index contributed by atoms with van der Waals surface area (Å²) < 4.78 is 0. The van der Waals surface area contributed by atoms with Crippen LogP contribution in [0.15, 0.2) is 0 Å². The molecule has 0 saturated carbocycles. The fraction of sp³-hybridized carbons (Fsp3) is 1.00. The molecule has 0 heterocycles. The molecule has 0 amide bonds. The molecule has 152 valence electrons. The van der Waals surface area contributed by atoms with Gasteiger partial charge in [-0.2, -0.15) is 0 Å². The van der Waals surface area contributed by atoms with Crippen molar-refractivity contribution < 1.29 is 0 Å². The van der Waals surface area contributed by atoms with Gasteiger partial charge in [-0.1, -0.05) is 0 Å². The van der Waals surface area contributed by atoms with Crippen LogP contribution in [-0.2, 0) is 0 Å². The van der Waals surface area contributed by atoms with E-state index in [1.165, 1.54) is 45.4 Å². The largest absolute Gasteiger partial charge is 0.301 e. The van der Waals surface area contributed by atoms with Gasteiger partial charge in [0.1, 0.15) is 0 Å². The van der Waals surface area contributed by atoms with Crippen LogP contribution < -0.4 is 0 Å². The van der Waals surface area contributed by atoms with E-state index in [0.717, 1.165) is 0 Å². The zero-order valence-corrected chi connectivity index (χ0v) is 19.2. The molecule has 0 saturated heterocycles. The first kappa shape index (κ1) is 24.9. The van der Waals surface area contributed by atoms with E-state index in [4.69, 9.17) is 0 Å². The Morgan fingerprint density at radius 2 is 0.720 bits per heavy atom. The molecule has 0 aromatic rings. The van der Waals surface area contributed by atoms with Gasteiger partial charge in [0.25, 0.3) is 0 Å². The lowest BCUT2D eigenvalue weighted by Crippen LogP contribution is -2.40. The molecule has 0 bridgehead atoms. The Kier molecular flexibility index (Phi) is 13.0. The summed E-state index contributed by atoms with van der Waals surface area (Å²) in [5, 5.41) is 0. The van der Waals surface area contributed by atoms with E-state index in [0.29, 0.717) is 30.2 Å². The third kappa shape index (κ3) is 10.6. The van der Waals surface area contributed by atoms with Gasteiger partial charge in [-0.25, -0.2) is 0 Å². The van der Waals surface area contributed by atoms with Crippen molar-refractivity contribution in [3.05, 3.63) is 0 Å². The minimum absolute atomic E-state index is 0.644. The van der Waals surface area contributed by atoms with Crippen LogP contribution in [0.4, 0.5) is 0 Å². The maximum Gasteiger partial charge on any atom is 0.00413 e. The summed E-state index contributed by atoms with van der Waals surface area (Å²) in [5.74, 6) is 0. The Balaban J connectivity index is 4.22. The quantitative estimate of drug-likeness (QED) is 0.401. The summed E-state index contributed by atoms with van der Waals surface area (Å²) >= 11 is 0. The molecule has 25 heavy (non-hydrogen) atoms. The van der Waals surface area contributed by atoms with Crippen molar-refractivity contribution in [3.63, 3.8) is 0 Å². The number of hydrogen-bond acceptors (Lipinski definition) is 3. The molecule has 3 heteroatoms. The summed E-state index contributed by atoms with van der Waals surface area (Å²) in [6.45, 7) is 28.1. The average molecular weight is 356 g/mol. The van der Waals surface area contributed by atoms with Gasteiger partial charge in [0.2, 0.25) is 0 Å². The van der Waals surface area contributed by atoms with Crippen molar-refractivity contribution >= 4 is 0 Å². The van der Waals surface area contributed by atoms with Crippen molar-refractivity contribution in [2.75, 3.05) is 26.2 Å². The maximum absolute atomic E-state index is 2.67. The van der Waals surface area contributed by atoms with Crippen LogP contribution >= 0.6 is 0 Å². The van der Waals surface area contributed by atoms with Crippen LogP contribution in [0.3, 0.4) is 0 Å². The van der Waals surface area contributed by atoms with Crippen LogP contribution in [0.5, 0.6) is 0 Å². The van der Waals surface area contributed by atoms with Gasteiger partial charge in [-0.3, -0.25) is 9.80 Å². The fourth-order valence-electron chi connectivity index (χ4n) is 3.92. The second kappa shape index (κ2) is 13.1. The minimum atomic E-state index is 0.644. The SMILES string of the molecule is CC(C)N(CCCCN(C(C)C)C(C)C)CCCN(C(C)C)C(C)C.